The van der Waals surface area contributed by atoms with Gasteiger partial charge in [-0.2, -0.15) is 0 Å². The van der Waals surface area contributed by atoms with Gasteiger partial charge >= 0.3 is 6.03 Å². The Hall–Kier alpha value is -0.810. The highest BCUT2D eigenvalue weighted by Crippen LogP contribution is 2.07. The molecule has 0 saturated carbocycles. The zero-order valence-electron chi connectivity index (χ0n) is 12.8. The van der Waals surface area contributed by atoms with Crippen molar-refractivity contribution < 1.29 is 9.53 Å². The maximum atomic E-state index is 11.9. The Bertz CT molecular complexity index is 267. The van der Waals surface area contributed by atoms with Crippen molar-refractivity contribution in [3.63, 3.8) is 0 Å². The number of carbonyl (C=O) groups excluding carboxylic acids is 1. The summed E-state index contributed by atoms with van der Waals surface area (Å²) in [5, 5.41) is 2.96. The molecule has 0 aliphatic carbocycles. The predicted molar refractivity (Wildman–Crippen MR) is 77.3 cm³/mol. The molecule has 1 heterocycles. The van der Waals surface area contributed by atoms with E-state index in [0.29, 0.717) is 12.5 Å². The van der Waals surface area contributed by atoms with Crippen LogP contribution in [0.4, 0.5) is 4.79 Å². The summed E-state index contributed by atoms with van der Waals surface area (Å²) in [6.07, 6.45) is 0.118. The van der Waals surface area contributed by atoms with Crippen molar-refractivity contribution in [2.45, 2.75) is 33.8 Å². The summed E-state index contributed by atoms with van der Waals surface area (Å²) in [6, 6.07) is 0.00887. The van der Waals surface area contributed by atoms with Gasteiger partial charge < -0.3 is 15.0 Å². The van der Waals surface area contributed by atoms with E-state index >= 15 is 0 Å². The third-order valence-corrected chi connectivity index (χ3v) is 3.38. The van der Waals surface area contributed by atoms with Gasteiger partial charge in [0, 0.05) is 39.3 Å². The monoisotopic (exact) mass is 271 g/mol. The van der Waals surface area contributed by atoms with Crippen LogP contribution < -0.4 is 5.32 Å². The number of hydrogen-bond acceptors (Lipinski definition) is 3. The summed E-state index contributed by atoms with van der Waals surface area (Å²) in [6.45, 7) is 14.3. The molecule has 112 valence electrons. The van der Waals surface area contributed by atoms with E-state index in [4.69, 9.17) is 4.74 Å². The number of ether oxygens (including phenoxy) is 1. The van der Waals surface area contributed by atoms with Crippen LogP contribution in [0.25, 0.3) is 0 Å². The first-order valence-electron chi connectivity index (χ1n) is 7.43. The first-order valence-corrected chi connectivity index (χ1v) is 7.43. The fraction of sp³-hybridized carbons (Fsp3) is 0.929. The second-order valence-electron chi connectivity index (χ2n) is 5.50. The molecule has 0 aromatic rings. The molecule has 1 saturated heterocycles. The molecule has 2 amide bonds. The lowest BCUT2D eigenvalue weighted by Gasteiger charge is -2.34. The fourth-order valence-corrected chi connectivity index (χ4v) is 2.41. The third-order valence-electron chi connectivity index (χ3n) is 3.38. The van der Waals surface area contributed by atoms with Crippen LogP contribution in [0.15, 0.2) is 0 Å². The third kappa shape index (κ3) is 5.78. The molecule has 1 aliphatic rings. The molecule has 1 fully saturated rings. The molecule has 1 atom stereocenters. The van der Waals surface area contributed by atoms with Gasteiger partial charge in [0.15, 0.2) is 0 Å². The van der Waals surface area contributed by atoms with Crippen LogP contribution in [0.2, 0.25) is 0 Å². The van der Waals surface area contributed by atoms with Crippen LogP contribution in [0, 0.1) is 5.92 Å². The average Bonchev–Trinajstić information content (AvgIpc) is 2.37. The highest BCUT2D eigenvalue weighted by atomic mass is 16.5. The molecule has 1 rings (SSSR count). The summed E-state index contributed by atoms with van der Waals surface area (Å²) in [4.78, 5) is 16.1. The molecular formula is C14H29N3O2. The number of morpholine rings is 1. The van der Waals surface area contributed by atoms with Crippen LogP contribution in [-0.4, -0.2) is 67.8 Å². The van der Waals surface area contributed by atoms with E-state index in [9.17, 15) is 4.79 Å². The van der Waals surface area contributed by atoms with Crippen molar-refractivity contribution in [2.24, 2.45) is 5.92 Å². The maximum absolute atomic E-state index is 11.9. The van der Waals surface area contributed by atoms with Crippen LogP contribution in [0.3, 0.4) is 0 Å². The van der Waals surface area contributed by atoms with Gasteiger partial charge in [-0.05, 0) is 19.8 Å². The SMILES string of the molecule is CCN(CC)C(=O)NCC1CN(CC(C)C)CCO1. The van der Waals surface area contributed by atoms with E-state index in [1.807, 2.05) is 13.8 Å². The minimum atomic E-state index is 0.00887. The minimum absolute atomic E-state index is 0.00887. The molecule has 0 bridgehead atoms. The number of rotatable bonds is 6. The molecule has 5 nitrogen and oxygen atoms in total. The molecule has 19 heavy (non-hydrogen) atoms. The number of carbonyl (C=O) groups is 1. The van der Waals surface area contributed by atoms with Gasteiger partial charge in [-0.3, -0.25) is 4.90 Å². The topological polar surface area (TPSA) is 44.8 Å². The number of nitrogens with zero attached hydrogens (tertiary/aromatic N) is 2. The standard InChI is InChI=1S/C14H29N3O2/c1-5-17(6-2)14(18)15-9-13-11-16(7-8-19-13)10-12(3)4/h12-13H,5-11H2,1-4H3,(H,15,18). The Morgan fingerprint density at radius 1 is 1.42 bits per heavy atom. The van der Waals surface area contributed by atoms with Crippen LogP contribution in [0.5, 0.6) is 0 Å². The van der Waals surface area contributed by atoms with Crippen molar-refractivity contribution >= 4 is 6.03 Å². The number of nitrogens with one attached hydrogen (secondary N) is 1. The minimum Gasteiger partial charge on any atom is -0.374 e. The Balaban J connectivity index is 2.30. The summed E-state index contributed by atoms with van der Waals surface area (Å²) < 4.78 is 5.71. The van der Waals surface area contributed by atoms with Crippen molar-refractivity contribution in [3.05, 3.63) is 0 Å². The predicted octanol–water partition coefficient (Wildman–Crippen LogP) is 1.39. The van der Waals surface area contributed by atoms with Crippen LogP contribution in [0.1, 0.15) is 27.7 Å². The lowest BCUT2D eigenvalue weighted by Crippen LogP contribution is -2.50. The lowest BCUT2D eigenvalue weighted by atomic mass is 10.2. The second-order valence-corrected chi connectivity index (χ2v) is 5.50. The Morgan fingerprint density at radius 3 is 2.68 bits per heavy atom. The largest absolute Gasteiger partial charge is 0.374 e. The zero-order valence-corrected chi connectivity index (χ0v) is 12.8. The van der Waals surface area contributed by atoms with E-state index < -0.39 is 0 Å². The van der Waals surface area contributed by atoms with E-state index in [1.54, 1.807) is 4.90 Å². The van der Waals surface area contributed by atoms with E-state index in [-0.39, 0.29) is 12.1 Å². The quantitative estimate of drug-likeness (QED) is 0.794. The molecule has 1 N–H and O–H groups in total. The molecule has 0 spiro atoms. The summed E-state index contributed by atoms with van der Waals surface area (Å²) >= 11 is 0. The molecule has 0 radical (unpaired) electrons. The lowest BCUT2D eigenvalue weighted by molar-refractivity contribution is -0.0293. The Labute approximate surface area is 117 Å². The molecule has 0 aromatic heterocycles. The van der Waals surface area contributed by atoms with Gasteiger partial charge in [-0.25, -0.2) is 4.79 Å². The zero-order chi connectivity index (χ0) is 14.3. The molecule has 1 aliphatic heterocycles. The van der Waals surface area contributed by atoms with E-state index in [0.717, 1.165) is 39.3 Å². The van der Waals surface area contributed by atoms with Gasteiger partial charge in [0.05, 0.1) is 12.7 Å². The normalized spacial score (nSPS) is 20.6. The first kappa shape index (κ1) is 16.2. The number of urea groups is 1. The average molecular weight is 271 g/mol. The fourth-order valence-electron chi connectivity index (χ4n) is 2.41. The summed E-state index contributed by atoms with van der Waals surface area (Å²) in [5.74, 6) is 0.670. The first-order chi connectivity index (χ1) is 9.06. The summed E-state index contributed by atoms with van der Waals surface area (Å²) in [7, 11) is 0. The van der Waals surface area contributed by atoms with E-state index in [2.05, 4.69) is 24.1 Å². The van der Waals surface area contributed by atoms with Gasteiger partial charge in [-0.1, -0.05) is 13.8 Å². The van der Waals surface area contributed by atoms with Crippen molar-refractivity contribution in [1.29, 1.82) is 0 Å². The van der Waals surface area contributed by atoms with Gasteiger partial charge in [-0.15, -0.1) is 0 Å². The molecule has 0 aromatic carbocycles. The smallest absolute Gasteiger partial charge is 0.317 e. The Kier molecular flexibility index (Phi) is 7.16. The van der Waals surface area contributed by atoms with Crippen molar-refractivity contribution in [3.8, 4) is 0 Å². The van der Waals surface area contributed by atoms with E-state index in [1.165, 1.54) is 0 Å². The van der Waals surface area contributed by atoms with Gasteiger partial charge in [0.25, 0.3) is 0 Å². The Morgan fingerprint density at radius 2 is 2.11 bits per heavy atom. The summed E-state index contributed by atoms with van der Waals surface area (Å²) in [5.41, 5.74) is 0. The van der Waals surface area contributed by atoms with Crippen LogP contribution >= 0.6 is 0 Å². The number of hydrogen-bond donors (Lipinski definition) is 1. The van der Waals surface area contributed by atoms with Crippen molar-refractivity contribution in [1.82, 2.24) is 15.1 Å². The highest BCUT2D eigenvalue weighted by molar-refractivity contribution is 5.74. The highest BCUT2D eigenvalue weighted by Gasteiger charge is 2.21. The van der Waals surface area contributed by atoms with Gasteiger partial charge in [0.1, 0.15) is 0 Å². The van der Waals surface area contributed by atoms with Gasteiger partial charge in [0.2, 0.25) is 0 Å². The number of amides is 2. The van der Waals surface area contributed by atoms with Crippen LogP contribution in [-0.2, 0) is 4.74 Å². The van der Waals surface area contributed by atoms with Crippen molar-refractivity contribution in [2.75, 3.05) is 45.9 Å². The molecule has 1 unspecified atom stereocenters. The second kappa shape index (κ2) is 8.38. The molecule has 5 heteroatoms. The molecular weight excluding hydrogens is 242 g/mol. The maximum Gasteiger partial charge on any atom is 0.317 e.